The number of hydrogen-bond acceptors (Lipinski definition) is 1. The predicted molar refractivity (Wildman–Crippen MR) is 30.9 cm³/mol. The summed E-state index contributed by atoms with van der Waals surface area (Å²) in [5, 5.41) is 3.19. The lowest BCUT2D eigenvalue weighted by Crippen LogP contribution is -2.19. The fraction of sp³-hybridized carbons (Fsp3) is 0.667. The zero-order chi connectivity index (χ0) is 5.28. The Kier molecular flexibility index (Phi) is 1.05. The van der Waals surface area contributed by atoms with Crippen LogP contribution in [-0.4, -0.2) is 6.04 Å². The van der Waals surface area contributed by atoms with Gasteiger partial charge in [-0.3, -0.25) is 0 Å². The number of nitrogens with one attached hydrogen (secondary N) is 1. The first kappa shape index (κ1) is 4.69. The van der Waals surface area contributed by atoms with Crippen molar-refractivity contribution < 1.29 is 0 Å². The molecule has 1 aliphatic rings. The minimum Gasteiger partial charge on any atom is -0.388 e. The molecule has 0 aromatic heterocycles. The average molecular weight is 97.2 g/mol. The Bertz CT molecular complexity index is 86.2. The summed E-state index contributed by atoms with van der Waals surface area (Å²) in [6.45, 7) is 4.39. The summed E-state index contributed by atoms with van der Waals surface area (Å²) in [6.07, 6.45) is 4.21. The molecule has 7 heavy (non-hydrogen) atoms. The smallest absolute Gasteiger partial charge is 0.0288 e. The maximum Gasteiger partial charge on any atom is 0.0288 e. The summed E-state index contributed by atoms with van der Waals surface area (Å²) in [5.74, 6) is 0.722. The van der Waals surface area contributed by atoms with Gasteiger partial charge in [0.2, 0.25) is 0 Å². The van der Waals surface area contributed by atoms with Gasteiger partial charge in [-0.15, -0.1) is 0 Å². The van der Waals surface area contributed by atoms with Gasteiger partial charge in [0.15, 0.2) is 0 Å². The van der Waals surface area contributed by atoms with E-state index in [0.717, 1.165) is 5.92 Å². The first-order chi connectivity index (χ1) is 3.30. The van der Waals surface area contributed by atoms with E-state index in [4.69, 9.17) is 0 Å². The molecule has 0 unspecified atom stereocenters. The van der Waals surface area contributed by atoms with E-state index in [1.807, 2.05) is 6.20 Å². The van der Waals surface area contributed by atoms with Crippen LogP contribution in [0.25, 0.3) is 0 Å². The van der Waals surface area contributed by atoms with Gasteiger partial charge in [0.1, 0.15) is 0 Å². The monoisotopic (exact) mass is 97.1 g/mol. The van der Waals surface area contributed by atoms with Crippen LogP contribution in [0.4, 0.5) is 0 Å². The van der Waals surface area contributed by atoms with Crippen molar-refractivity contribution in [1.82, 2.24) is 5.32 Å². The summed E-state index contributed by atoms with van der Waals surface area (Å²) in [7, 11) is 0. The molecule has 0 saturated heterocycles. The molecule has 0 radical (unpaired) electrons. The van der Waals surface area contributed by atoms with Crippen LogP contribution in [0.5, 0.6) is 0 Å². The molecule has 1 heteroatoms. The van der Waals surface area contributed by atoms with E-state index in [-0.39, 0.29) is 0 Å². The molecule has 0 bridgehead atoms. The fourth-order valence-corrected chi connectivity index (χ4v) is 0.678. The first-order valence-corrected chi connectivity index (χ1v) is 2.73. The highest BCUT2D eigenvalue weighted by molar-refractivity contribution is 4.98. The lowest BCUT2D eigenvalue weighted by atomic mass is 10.1. The third-order valence-electron chi connectivity index (χ3n) is 1.55. The molecule has 1 nitrogen and oxygen atoms in total. The average Bonchev–Trinajstić information content (AvgIpc) is 1.91. The quantitative estimate of drug-likeness (QED) is 0.477. The van der Waals surface area contributed by atoms with E-state index in [9.17, 15) is 0 Å². The molecule has 0 aromatic rings. The lowest BCUT2D eigenvalue weighted by molar-refractivity contribution is 0.556. The summed E-state index contributed by atoms with van der Waals surface area (Å²) in [4.78, 5) is 0. The standard InChI is InChI=1S/C6H11N/c1-5-3-4-7-6(5)2/h3-7H,1-2H3/t5-,6-/m0/s1. The highest BCUT2D eigenvalue weighted by Gasteiger charge is 2.10. The Morgan fingerprint density at radius 2 is 2.14 bits per heavy atom. The van der Waals surface area contributed by atoms with Crippen molar-refractivity contribution >= 4 is 0 Å². The maximum atomic E-state index is 3.19. The van der Waals surface area contributed by atoms with Crippen LogP contribution in [0, 0.1) is 5.92 Å². The normalized spacial score (nSPS) is 38.6. The van der Waals surface area contributed by atoms with Crippen molar-refractivity contribution in [3.05, 3.63) is 12.3 Å². The summed E-state index contributed by atoms with van der Waals surface area (Å²) in [6, 6.07) is 0.653. The zero-order valence-corrected chi connectivity index (χ0v) is 4.81. The molecule has 1 heterocycles. The van der Waals surface area contributed by atoms with Crippen molar-refractivity contribution in [2.45, 2.75) is 19.9 Å². The molecule has 0 fully saturated rings. The maximum absolute atomic E-state index is 3.19. The van der Waals surface area contributed by atoms with E-state index in [1.165, 1.54) is 0 Å². The highest BCUT2D eigenvalue weighted by Crippen LogP contribution is 2.08. The Balaban J connectivity index is 2.45. The summed E-state index contributed by atoms with van der Waals surface area (Å²) in [5.41, 5.74) is 0. The third kappa shape index (κ3) is 0.763. The largest absolute Gasteiger partial charge is 0.388 e. The van der Waals surface area contributed by atoms with Crippen molar-refractivity contribution in [2.75, 3.05) is 0 Å². The molecular formula is C6H11N. The Hall–Kier alpha value is -0.460. The SMILES string of the molecule is C[C@@H]1NC=C[C@@H]1C. The second-order valence-corrected chi connectivity index (χ2v) is 2.17. The second kappa shape index (κ2) is 1.57. The molecule has 1 rings (SSSR count). The van der Waals surface area contributed by atoms with Crippen LogP contribution < -0.4 is 5.32 Å². The number of rotatable bonds is 0. The van der Waals surface area contributed by atoms with Gasteiger partial charge in [-0.25, -0.2) is 0 Å². The van der Waals surface area contributed by atoms with Crippen LogP contribution >= 0.6 is 0 Å². The Morgan fingerprint density at radius 1 is 1.43 bits per heavy atom. The molecule has 0 spiro atoms. The van der Waals surface area contributed by atoms with Gasteiger partial charge in [0.05, 0.1) is 0 Å². The van der Waals surface area contributed by atoms with Crippen LogP contribution in [0.2, 0.25) is 0 Å². The van der Waals surface area contributed by atoms with Gasteiger partial charge >= 0.3 is 0 Å². The van der Waals surface area contributed by atoms with Gasteiger partial charge < -0.3 is 5.32 Å². The first-order valence-electron chi connectivity index (χ1n) is 2.73. The molecule has 0 aliphatic carbocycles. The minimum absolute atomic E-state index is 0.653. The van der Waals surface area contributed by atoms with Crippen LogP contribution in [-0.2, 0) is 0 Å². The molecule has 1 aliphatic heterocycles. The summed E-state index contributed by atoms with van der Waals surface area (Å²) < 4.78 is 0. The van der Waals surface area contributed by atoms with E-state index < -0.39 is 0 Å². The fourth-order valence-electron chi connectivity index (χ4n) is 0.678. The molecule has 1 N–H and O–H groups in total. The van der Waals surface area contributed by atoms with Crippen LogP contribution in [0.1, 0.15) is 13.8 Å². The highest BCUT2D eigenvalue weighted by atomic mass is 14.9. The van der Waals surface area contributed by atoms with Gasteiger partial charge in [-0.1, -0.05) is 13.0 Å². The van der Waals surface area contributed by atoms with Gasteiger partial charge in [0, 0.05) is 6.04 Å². The predicted octanol–water partition coefficient (Wildman–Crippen LogP) is 1.13. The third-order valence-corrected chi connectivity index (χ3v) is 1.55. The molecule has 0 aromatic carbocycles. The molecule has 2 atom stereocenters. The Morgan fingerprint density at radius 3 is 2.29 bits per heavy atom. The van der Waals surface area contributed by atoms with Gasteiger partial charge in [-0.05, 0) is 19.0 Å². The molecular weight excluding hydrogens is 86.1 g/mol. The van der Waals surface area contributed by atoms with Gasteiger partial charge in [0.25, 0.3) is 0 Å². The number of hydrogen-bond donors (Lipinski definition) is 1. The van der Waals surface area contributed by atoms with E-state index >= 15 is 0 Å². The van der Waals surface area contributed by atoms with Crippen LogP contribution in [0.15, 0.2) is 12.3 Å². The topological polar surface area (TPSA) is 12.0 Å². The van der Waals surface area contributed by atoms with Crippen molar-refractivity contribution in [2.24, 2.45) is 5.92 Å². The second-order valence-electron chi connectivity index (χ2n) is 2.17. The minimum atomic E-state index is 0.653. The van der Waals surface area contributed by atoms with Crippen molar-refractivity contribution in [3.8, 4) is 0 Å². The molecule has 0 amide bonds. The zero-order valence-electron chi connectivity index (χ0n) is 4.81. The lowest BCUT2D eigenvalue weighted by Gasteiger charge is -2.06. The van der Waals surface area contributed by atoms with E-state index in [2.05, 4.69) is 25.2 Å². The molecule has 40 valence electrons. The Labute approximate surface area is 44.4 Å². The van der Waals surface area contributed by atoms with E-state index in [0.29, 0.717) is 6.04 Å². The van der Waals surface area contributed by atoms with E-state index in [1.54, 1.807) is 0 Å². The van der Waals surface area contributed by atoms with Crippen molar-refractivity contribution in [3.63, 3.8) is 0 Å². The van der Waals surface area contributed by atoms with Crippen LogP contribution in [0.3, 0.4) is 0 Å². The van der Waals surface area contributed by atoms with Gasteiger partial charge in [-0.2, -0.15) is 0 Å². The van der Waals surface area contributed by atoms with Crippen molar-refractivity contribution in [1.29, 1.82) is 0 Å². The summed E-state index contributed by atoms with van der Waals surface area (Å²) >= 11 is 0. The molecule has 0 saturated carbocycles.